The van der Waals surface area contributed by atoms with Crippen molar-refractivity contribution in [3.8, 4) is 11.4 Å². The molecule has 0 unspecified atom stereocenters. The fraction of sp³-hybridized carbons (Fsp3) is 0.250. The molecule has 0 saturated heterocycles. The second-order valence-electron chi connectivity index (χ2n) is 4.85. The molecule has 3 nitrogen and oxygen atoms in total. The van der Waals surface area contributed by atoms with E-state index in [0.29, 0.717) is 11.6 Å². The van der Waals surface area contributed by atoms with Gasteiger partial charge in [-0.2, -0.15) is 0 Å². The van der Waals surface area contributed by atoms with Crippen LogP contribution in [0.5, 0.6) is 0 Å². The summed E-state index contributed by atoms with van der Waals surface area (Å²) >= 11 is 3.50. The lowest BCUT2D eigenvalue weighted by Crippen LogP contribution is -1.97. The first kappa shape index (κ1) is 14.4. The van der Waals surface area contributed by atoms with E-state index in [0.717, 1.165) is 21.5 Å². The van der Waals surface area contributed by atoms with Crippen molar-refractivity contribution in [1.29, 1.82) is 0 Å². The van der Waals surface area contributed by atoms with Crippen molar-refractivity contribution in [2.75, 3.05) is 11.5 Å². The monoisotopic (exact) mass is 315 g/mol. The summed E-state index contributed by atoms with van der Waals surface area (Å²) in [7, 11) is 0. The molecule has 0 aliphatic rings. The summed E-state index contributed by atoms with van der Waals surface area (Å²) in [5.41, 5.74) is 8.33. The Kier molecular flexibility index (Phi) is 3.87. The van der Waals surface area contributed by atoms with Crippen LogP contribution in [0.1, 0.15) is 17.4 Å². The zero-order valence-corrected chi connectivity index (χ0v) is 13.9. The third-order valence-corrected chi connectivity index (χ3v) is 5.48. The number of rotatable bonds is 3. The van der Waals surface area contributed by atoms with Crippen molar-refractivity contribution in [2.45, 2.75) is 25.7 Å². The maximum atomic E-state index is 6.14. The summed E-state index contributed by atoms with van der Waals surface area (Å²) in [6, 6.07) is 8.34. The molecule has 2 aromatic heterocycles. The average molecular weight is 315 g/mol. The highest BCUT2D eigenvalue weighted by molar-refractivity contribution is 7.99. The lowest BCUT2D eigenvalue weighted by Gasteiger charge is -2.04. The number of nitrogens with zero attached hydrogens (tertiary/aromatic N) is 2. The van der Waals surface area contributed by atoms with Gasteiger partial charge in [0, 0.05) is 15.3 Å². The van der Waals surface area contributed by atoms with Crippen LogP contribution in [0.2, 0.25) is 0 Å². The highest BCUT2D eigenvalue weighted by atomic mass is 32.2. The molecular formula is C16H17N3S2. The van der Waals surface area contributed by atoms with E-state index in [1.165, 1.54) is 15.3 Å². The van der Waals surface area contributed by atoms with Crippen LogP contribution in [0.3, 0.4) is 0 Å². The Hall–Kier alpha value is -1.59. The van der Waals surface area contributed by atoms with Gasteiger partial charge in [-0.1, -0.05) is 19.1 Å². The largest absolute Gasteiger partial charge is 0.383 e. The Balaban J connectivity index is 2.08. The van der Waals surface area contributed by atoms with E-state index in [9.17, 15) is 0 Å². The van der Waals surface area contributed by atoms with E-state index in [4.69, 9.17) is 5.73 Å². The van der Waals surface area contributed by atoms with Crippen LogP contribution in [0.4, 0.5) is 5.82 Å². The molecule has 0 atom stereocenters. The smallest absolute Gasteiger partial charge is 0.163 e. The summed E-state index contributed by atoms with van der Waals surface area (Å²) in [4.78, 5) is 12.7. The Morgan fingerprint density at radius 3 is 2.52 bits per heavy atom. The normalized spacial score (nSPS) is 11.2. The van der Waals surface area contributed by atoms with Gasteiger partial charge in [0.1, 0.15) is 10.6 Å². The van der Waals surface area contributed by atoms with Crippen LogP contribution < -0.4 is 5.73 Å². The Morgan fingerprint density at radius 2 is 1.86 bits per heavy atom. The lowest BCUT2D eigenvalue weighted by atomic mass is 10.2. The van der Waals surface area contributed by atoms with E-state index in [1.54, 1.807) is 11.3 Å². The zero-order valence-electron chi connectivity index (χ0n) is 12.3. The van der Waals surface area contributed by atoms with Gasteiger partial charge in [0.05, 0.1) is 5.39 Å². The first-order valence-electron chi connectivity index (χ1n) is 6.86. The quantitative estimate of drug-likeness (QED) is 0.714. The number of nitrogens with two attached hydrogens (primary N) is 1. The van der Waals surface area contributed by atoms with E-state index >= 15 is 0 Å². The summed E-state index contributed by atoms with van der Waals surface area (Å²) < 4.78 is 0. The predicted molar refractivity (Wildman–Crippen MR) is 93.1 cm³/mol. The maximum Gasteiger partial charge on any atom is 0.163 e. The molecule has 5 heteroatoms. The fourth-order valence-corrected chi connectivity index (χ4v) is 3.98. The van der Waals surface area contributed by atoms with Gasteiger partial charge >= 0.3 is 0 Å². The molecule has 21 heavy (non-hydrogen) atoms. The Labute approximate surface area is 132 Å². The number of thioether (sulfide) groups is 1. The number of aryl methyl sites for hydroxylation is 2. The molecule has 1 aromatic carbocycles. The molecule has 3 rings (SSSR count). The minimum Gasteiger partial charge on any atom is -0.383 e. The van der Waals surface area contributed by atoms with E-state index in [1.807, 2.05) is 11.8 Å². The second-order valence-corrected chi connectivity index (χ2v) is 7.39. The Morgan fingerprint density at radius 1 is 1.14 bits per heavy atom. The van der Waals surface area contributed by atoms with E-state index < -0.39 is 0 Å². The molecule has 2 heterocycles. The first-order chi connectivity index (χ1) is 10.1. The van der Waals surface area contributed by atoms with Crippen molar-refractivity contribution < 1.29 is 0 Å². The molecule has 0 bridgehead atoms. The zero-order chi connectivity index (χ0) is 15.0. The highest BCUT2D eigenvalue weighted by Crippen LogP contribution is 2.33. The number of hydrogen-bond donors (Lipinski definition) is 1. The molecule has 0 aliphatic heterocycles. The molecular weight excluding hydrogens is 298 g/mol. The summed E-state index contributed by atoms with van der Waals surface area (Å²) in [5.74, 6) is 2.35. The minimum absolute atomic E-state index is 0.573. The van der Waals surface area contributed by atoms with Gasteiger partial charge in [0.25, 0.3) is 0 Å². The molecule has 3 aromatic rings. The van der Waals surface area contributed by atoms with Crippen LogP contribution in [0.25, 0.3) is 21.6 Å². The number of fused-ring (bicyclic) bond motifs is 1. The maximum absolute atomic E-state index is 6.14. The van der Waals surface area contributed by atoms with Crippen LogP contribution >= 0.6 is 23.1 Å². The second kappa shape index (κ2) is 5.66. The number of thiophene rings is 1. The fourth-order valence-electron chi connectivity index (χ4n) is 2.28. The van der Waals surface area contributed by atoms with Crippen molar-refractivity contribution in [3.63, 3.8) is 0 Å². The predicted octanol–water partition coefficient (Wildman–Crippen LogP) is 4.67. The van der Waals surface area contributed by atoms with E-state index in [2.05, 4.69) is 55.0 Å². The number of hydrogen-bond acceptors (Lipinski definition) is 5. The molecule has 0 spiro atoms. The van der Waals surface area contributed by atoms with Gasteiger partial charge < -0.3 is 5.73 Å². The lowest BCUT2D eigenvalue weighted by molar-refractivity contribution is 1.24. The van der Waals surface area contributed by atoms with Crippen LogP contribution in [-0.4, -0.2) is 15.7 Å². The van der Waals surface area contributed by atoms with Crippen LogP contribution in [0.15, 0.2) is 29.2 Å². The molecule has 2 N–H and O–H groups in total. The topological polar surface area (TPSA) is 51.8 Å². The number of nitrogen functional groups attached to an aromatic ring is 1. The van der Waals surface area contributed by atoms with Crippen molar-refractivity contribution in [3.05, 3.63) is 34.7 Å². The molecule has 108 valence electrons. The molecule has 0 saturated carbocycles. The first-order valence-corrected chi connectivity index (χ1v) is 8.66. The van der Waals surface area contributed by atoms with Crippen molar-refractivity contribution in [2.24, 2.45) is 0 Å². The van der Waals surface area contributed by atoms with Gasteiger partial charge in [-0.05, 0) is 37.3 Å². The number of aromatic nitrogens is 2. The van der Waals surface area contributed by atoms with Gasteiger partial charge in [-0.3, -0.25) is 0 Å². The average Bonchev–Trinajstić information content (AvgIpc) is 2.75. The van der Waals surface area contributed by atoms with Crippen LogP contribution in [-0.2, 0) is 0 Å². The summed E-state index contributed by atoms with van der Waals surface area (Å²) in [6.45, 7) is 6.32. The Bertz CT molecular complexity index is 791. The summed E-state index contributed by atoms with van der Waals surface area (Å²) in [5, 5.41) is 0.999. The SMILES string of the molecule is CCSc1ccc(-c2nc(N)c3c(C)c(C)sc3n2)cc1. The van der Waals surface area contributed by atoms with Gasteiger partial charge in [0.2, 0.25) is 0 Å². The molecule has 0 aliphatic carbocycles. The van der Waals surface area contributed by atoms with E-state index in [-0.39, 0.29) is 0 Å². The third-order valence-electron chi connectivity index (χ3n) is 3.48. The standard InChI is InChI=1S/C16H17N3S2/c1-4-20-12-7-5-11(6-8-12)15-18-14(17)13-9(2)10(3)21-16(13)19-15/h5-8H,4H2,1-3H3,(H2,17,18,19). The van der Waals surface area contributed by atoms with Crippen molar-refractivity contribution in [1.82, 2.24) is 9.97 Å². The third kappa shape index (κ3) is 2.63. The molecule has 0 radical (unpaired) electrons. The van der Waals surface area contributed by atoms with Gasteiger partial charge in [-0.15, -0.1) is 23.1 Å². The molecule has 0 fully saturated rings. The molecule has 0 amide bonds. The minimum atomic E-state index is 0.573. The summed E-state index contributed by atoms with van der Waals surface area (Å²) in [6.07, 6.45) is 0. The van der Waals surface area contributed by atoms with Crippen LogP contribution in [0, 0.1) is 13.8 Å². The van der Waals surface area contributed by atoms with Gasteiger partial charge in [-0.25, -0.2) is 9.97 Å². The van der Waals surface area contributed by atoms with Gasteiger partial charge in [0.15, 0.2) is 5.82 Å². The highest BCUT2D eigenvalue weighted by Gasteiger charge is 2.13. The number of anilines is 1. The number of benzene rings is 1. The van der Waals surface area contributed by atoms with Crippen molar-refractivity contribution >= 4 is 39.1 Å².